The molecule has 2 aliphatic rings. The lowest BCUT2D eigenvalue weighted by atomic mass is 9.89. The normalized spacial score (nSPS) is 21.0. The molecule has 0 radical (unpaired) electrons. The van der Waals surface area contributed by atoms with Crippen LogP contribution in [0.1, 0.15) is 55.5 Å². The van der Waals surface area contributed by atoms with E-state index in [2.05, 4.69) is 10.4 Å². The van der Waals surface area contributed by atoms with Crippen LogP contribution in [0.15, 0.2) is 30.6 Å². The summed E-state index contributed by atoms with van der Waals surface area (Å²) in [7, 11) is 1.86. The molecule has 1 atom stereocenters. The summed E-state index contributed by atoms with van der Waals surface area (Å²) in [6.45, 7) is 4.49. The minimum atomic E-state index is -0.457. The zero-order valence-corrected chi connectivity index (χ0v) is 16.6. The average molecular weight is 382 g/mol. The Kier molecular flexibility index (Phi) is 4.61. The van der Waals surface area contributed by atoms with Crippen LogP contribution in [0.3, 0.4) is 0 Å². The summed E-state index contributed by atoms with van der Waals surface area (Å²) in [6, 6.07) is 5.39. The highest BCUT2D eigenvalue weighted by molar-refractivity contribution is 6.02. The third-order valence-corrected chi connectivity index (χ3v) is 5.53. The molecule has 1 aromatic carbocycles. The molecule has 28 heavy (non-hydrogen) atoms. The van der Waals surface area contributed by atoms with E-state index in [0.29, 0.717) is 30.0 Å². The van der Waals surface area contributed by atoms with Gasteiger partial charge in [0.15, 0.2) is 5.78 Å². The predicted octanol–water partition coefficient (Wildman–Crippen LogP) is 3.75. The predicted molar refractivity (Wildman–Crippen MR) is 106 cm³/mol. The maximum absolute atomic E-state index is 12.9. The molecule has 2 aromatic rings. The fourth-order valence-corrected chi connectivity index (χ4v) is 3.55. The minimum Gasteiger partial charge on any atom is -0.486 e. The number of nitrogens with zero attached hydrogens (tertiary/aromatic N) is 3. The number of anilines is 1. The molecule has 1 saturated carbocycles. The van der Waals surface area contributed by atoms with Crippen LogP contribution in [0.25, 0.3) is 0 Å². The molecule has 4 rings (SSSR count). The largest absolute Gasteiger partial charge is 0.486 e. The molecular weight excluding hydrogens is 356 g/mol. The Bertz CT molecular complexity index is 918. The van der Waals surface area contributed by atoms with Gasteiger partial charge in [-0.3, -0.25) is 9.48 Å². The van der Waals surface area contributed by atoms with Crippen molar-refractivity contribution in [2.24, 2.45) is 7.05 Å². The molecule has 1 aliphatic carbocycles. The van der Waals surface area contributed by atoms with E-state index in [1.54, 1.807) is 29.1 Å². The lowest BCUT2D eigenvalue weighted by Crippen LogP contribution is -2.38. The second-order valence-corrected chi connectivity index (χ2v) is 8.03. The summed E-state index contributed by atoms with van der Waals surface area (Å²) in [4.78, 5) is 27.3. The number of nitrogens with one attached hydrogen (secondary N) is 1. The number of rotatable bonds is 5. The number of hydrogen-bond donors (Lipinski definition) is 1. The van der Waals surface area contributed by atoms with Crippen LogP contribution in [0.2, 0.25) is 0 Å². The number of ether oxygens (including phenoxy) is 1. The number of carbonyl (C=O) groups is 2. The van der Waals surface area contributed by atoms with Crippen molar-refractivity contribution in [2.75, 3.05) is 5.32 Å². The number of ketones is 1. The number of fused-ring (bicyclic) bond motifs is 1. The van der Waals surface area contributed by atoms with Crippen molar-refractivity contribution in [3.8, 4) is 5.75 Å². The standard InChI is InChI=1S/C21H26N4O3/c1-4-21(2)10-18(26)17-9-15(5-8-19(17)28-21)23-20(27)25(16-6-7-16)13-14-11-22-24(3)12-14/h5,8-9,11-12,16H,4,6-7,10,13H2,1-3H3,(H,23,27)/t21-/m0/s1. The second kappa shape index (κ2) is 6.96. The number of aryl methyl sites for hydroxylation is 1. The number of carbonyl (C=O) groups excluding carboxylic acids is 2. The van der Waals surface area contributed by atoms with E-state index in [0.717, 1.165) is 24.8 Å². The molecule has 0 saturated heterocycles. The molecule has 2 heterocycles. The highest BCUT2D eigenvalue weighted by Gasteiger charge is 2.36. The Balaban J connectivity index is 1.50. The number of hydrogen-bond acceptors (Lipinski definition) is 4. The van der Waals surface area contributed by atoms with Crippen molar-refractivity contribution in [3.63, 3.8) is 0 Å². The van der Waals surface area contributed by atoms with E-state index in [9.17, 15) is 9.59 Å². The first-order valence-corrected chi connectivity index (χ1v) is 9.78. The van der Waals surface area contributed by atoms with Crippen molar-refractivity contribution in [3.05, 3.63) is 41.7 Å². The minimum absolute atomic E-state index is 0.0520. The van der Waals surface area contributed by atoms with Gasteiger partial charge in [0.05, 0.1) is 24.7 Å². The first-order valence-electron chi connectivity index (χ1n) is 9.78. The molecule has 0 unspecified atom stereocenters. The number of aromatic nitrogens is 2. The summed E-state index contributed by atoms with van der Waals surface area (Å²) in [5.41, 5.74) is 1.69. The Hall–Kier alpha value is -2.83. The average Bonchev–Trinajstić information content (AvgIpc) is 3.42. The van der Waals surface area contributed by atoms with Crippen LogP contribution in [0, 0.1) is 0 Å². The van der Waals surface area contributed by atoms with Gasteiger partial charge in [-0.2, -0.15) is 5.10 Å². The van der Waals surface area contributed by atoms with Crippen LogP contribution in [-0.2, 0) is 13.6 Å². The fourth-order valence-electron chi connectivity index (χ4n) is 3.55. The van der Waals surface area contributed by atoms with E-state index < -0.39 is 5.60 Å². The smallest absolute Gasteiger partial charge is 0.322 e. The SMILES string of the molecule is CC[C@@]1(C)CC(=O)c2cc(NC(=O)N(Cc3cnn(C)c3)C3CC3)ccc2O1. The first-order chi connectivity index (χ1) is 13.4. The second-order valence-electron chi connectivity index (χ2n) is 8.03. The number of benzene rings is 1. The molecule has 7 nitrogen and oxygen atoms in total. The van der Waals surface area contributed by atoms with Crippen molar-refractivity contribution in [2.45, 2.75) is 57.7 Å². The monoisotopic (exact) mass is 382 g/mol. The van der Waals surface area contributed by atoms with Crippen LogP contribution < -0.4 is 10.1 Å². The van der Waals surface area contributed by atoms with Gasteiger partial charge in [-0.15, -0.1) is 0 Å². The Morgan fingerprint density at radius 1 is 1.43 bits per heavy atom. The maximum atomic E-state index is 12.9. The summed E-state index contributed by atoms with van der Waals surface area (Å²) in [5.74, 6) is 0.643. The van der Waals surface area contributed by atoms with Gasteiger partial charge in [-0.25, -0.2) is 4.79 Å². The van der Waals surface area contributed by atoms with E-state index in [1.165, 1.54) is 0 Å². The van der Waals surface area contributed by atoms with Gasteiger partial charge < -0.3 is 15.0 Å². The van der Waals surface area contributed by atoms with Crippen LogP contribution in [-0.4, -0.2) is 38.1 Å². The lowest BCUT2D eigenvalue weighted by molar-refractivity contribution is 0.0499. The summed E-state index contributed by atoms with van der Waals surface area (Å²) >= 11 is 0. The van der Waals surface area contributed by atoms with Crippen molar-refractivity contribution in [1.29, 1.82) is 0 Å². The van der Waals surface area contributed by atoms with E-state index in [-0.39, 0.29) is 17.9 Å². The van der Waals surface area contributed by atoms with Crippen LogP contribution in [0.5, 0.6) is 5.75 Å². The molecule has 1 aromatic heterocycles. The van der Waals surface area contributed by atoms with Gasteiger partial charge in [0, 0.05) is 30.5 Å². The first kappa shape index (κ1) is 18.5. The van der Waals surface area contributed by atoms with Gasteiger partial charge >= 0.3 is 6.03 Å². The van der Waals surface area contributed by atoms with Gasteiger partial charge in [-0.05, 0) is 44.4 Å². The molecule has 1 fully saturated rings. The third-order valence-electron chi connectivity index (χ3n) is 5.53. The Labute approximate surface area is 164 Å². The molecule has 7 heteroatoms. The van der Waals surface area contributed by atoms with Gasteiger partial charge in [0.1, 0.15) is 11.4 Å². The molecule has 0 spiro atoms. The number of Topliss-reactive ketones (excluding diaryl/α,β-unsaturated/α-hetero) is 1. The number of urea groups is 1. The van der Waals surface area contributed by atoms with E-state index in [1.807, 2.05) is 32.0 Å². The highest BCUT2D eigenvalue weighted by Crippen LogP contribution is 2.36. The van der Waals surface area contributed by atoms with E-state index >= 15 is 0 Å². The zero-order chi connectivity index (χ0) is 19.9. The molecule has 148 valence electrons. The van der Waals surface area contributed by atoms with Crippen LogP contribution >= 0.6 is 0 Å². The Morgan fingerprint density at radius 2 is 2.21 bits per heavy atom. The van der Waals surface area contributed by atoms with Crippen molar-refractivity contribution in [1.82, 2.24) is 14.7 Å². The zero-order valence-electron chi connectivity index (χ0n) is 16.6. The summed E-state index contributed by atoms with van der Waals surface area (Å²) < 4.78 is 7.76. The third kappa shape index (κ3) is 3.74. The molecule has 2 amide bonds. The lowest BCUT2D eigenvalue weighted by Gasteiger charge is -2.34. The molecule has 1 aliphatic heterocycles. The maximum Gasteiger partial charge on any atom is 0.322 e. The van der Waals surface area contributed by atoms with Crippen molar-refractivity contribution < 1.29 is 14.3 Å². The summed E-state index contributed by atoms with van der Waals surface area (Å²) in [6.07, 6.45) is 6.84. The Morgan fingerprint density at radius 3 is 2.86 bits per heavy atom. The molecule has 0 bridgehead atoms. The molecule has 1 N–H and O–H groups in total. The quantitative estimate of drug-likeness (QED) is 0.854. The van der Waals surface area contributed by atoms with Gasteiger partial charge in [0.25, 0.3) is 0 Å². The van der Waals surface area contributed by atoms with Gasteiger partial charge in [-0.1, -0.05) is 6.92 Å². The number of amides is 2. The van der Waals surface area contributed by atoms with Crippen molar-refractivity contribution >= 4 is 17.5 Å². The molecular formula is C21H26N4O3. The fraction of sp³-hybridized carbons (Fsp3) is 0.476. The van der Waals surface area contributed by atoms with Gasteiger partial charge in [0.2, 0.25) is 0 Å². The summed E-state index contributed by atoms with van der Waals surface area (Å²) in [5, 5.41) is 7.12. The van der Waals surface area contributed by atoms with Crippen LogP contribution in [0.4, 0.5) is 10.5 Å². The highest BCUT2D eigenvalue weighted by atomic mass is 16.5. The topological polar surface area (TPSA) is 76.5 Å². The van der Waals surface area contributed by atoms with E-state index in [4.69, 9.17) is 4.74 Å².